The Balaban J connectivity index is 0. The summed E-state index contributed by atoms with van der Waals surface area (Å²) in [4.78, 5) is 32.4. The van der Waals surface area contributed by atoms with Crippen LogP contribution in [-0.4, -0.2) is 46.2 Å². The van der Waals surface area contributed by atoms with E-state index in [0.29, 0.717) is 4.67 Å². The van der Waals surface area contributed by atoms with Crippen LogP contribution in [0.15, 0.2) is 0 Å². The van der Waals surface area contributed by atoms with Gasteiger partial charge in [0.2, 0.25) is 0 Å². The number of carboxylic acids is 1. The second kappa shape index (κ2) is 7.35. The zero-order valence-corrected chi connectivity index (χ0v) is 13.9. The molecule has 1 aliphatic heterocycles. The number of carbonyl (C=O) groups is 1. The summed E-state index contributed by atoms with van der Waals surface area (Å²) in [7, 11) is -4.98. The molecule has 1 heterocycles. The number of rotatable bonds is 3. The second-order valence-electron chi connectivity index (χ2n) is 2.73. The molecule has 2 N–H and O–H groups in total. The molecule has 0 spiro atoms. The minimum Gasteiger partial charge on any atom is -0.795 e. The smallest absolute Gasteiger partial charge is 0.795 e. The van der Waals surface area contributed by atoms with Crippen LogP contribution in [0.25, 0.3) is 0 Å². The van der Waals surface area contributed by atoms with Gasteiger partial charge in [-0.15, -0.1) is 0 Å². The van der Waals surface area contributed by atoms with Crippen LogP contribution < -0.4 is 68.9 Å². The Labute approximate surface area is 136 Å². The van der Waals surface area contributed by atoms with Crippen molar-refractivity contribution < 1.29 is 83.4 Å². The van der Waals surface area contributed by atoms with E-state index in [9.17, 15) is 19.1 Å². The van der Waals surface area contributed by atoms with Gasteiger partial charge in [0.1, 0.15) is 6.54 Å². The van der Waals surface area contributed by atoms with Gasteiger partial charge in [-0.25, -0.2) is 0 Å². The van der Waals surface area contributed by atoms with E-state index in [1.807, 2.05) is 0 Å². The number of nitrogens with zero attached hydrogens (tertiary/aromatic N) is 2. The first-order chi connectivity index (χ1) is 6.32. The molecule has 1 aliphatic rings. The van der Waals surface area contributed by atoms with Gasteiger partial charge < -0.3 is 29.0 Å². The van der Waals surface area contributed by atoms with Gasteiger partial charge in [-0.05, 0) is 0 Å². The van der Waals surface area contributed by atoms with Crippen LogP contribution in [-0.2, 0) is 9.36 Å². The molecule has 0 aliphatic carbocycles. The number of aliphatic carboxylic acids is 1. The Hall–Kier alpha value is 0.890. The molecule has 80 valence electrons. The number of nitrogens with one attached hydrogen (secondary N) is 1. The van der Waals surface area contributed by atoms with Crippen LogP contribution in [0.4, 0.5) is 0 Å². The fraction of sp³-hybridized carbons (Fsp3) is 0.600. The number of carboxylic acid groups (broad SMARTS) is 1. The van der Waals surface area contributed by atoms with Crippen molar-refractivity contribution in [2.75, 3.05) is 19.6 Å². The van der Waals surface area contributed by atoms with Crippen LogP contribution in [0.2, 0.25) is 0 Å². The Morgan fingerprint density at radius 3 is 2.25 bits per heavy atom. The molecular weight excluding hydrogens is 259 g/mol. The molecule has 1 rings (SSSR count). The molecule has 0 saturated carbocycles. The van der Waals surface area contributed by atoms with Crippen molar-refractivity contribution in [1.29, 1.82) is 5.41 Å². The van der Waals surface area contributed by atoms with E-state index in [1.165, 1.54) is 0 Å². The van der Waals surface area contributed by atoms with E-state index >= 15 is 0 Å². The van der Waals surface area contributed by atoms with Crippen LogP contribution in [0, 0.1) is 5.41 Å². The van der Waals surface area contributed by atoms with E-state index in [-0.39, 0.29) is 72.2 Å². The van der Waals surface area contributed by atoms with Gasteiger partial charge in [0.15, 0.2) is 5.96 Å². The zero-order chi connectivity index (χ0) is 10.9. The van der Waals surface area contributed by atoms with Crippen molar-refractivity contribution >= 4 is 19.7 Å². The van der Waals surface area contributed by atoms with Crippen molar-refractivity contribution in [2.45, 2.75) is 0 Å². The molecule has 11 heteroatoms. The topological polar surface area (TPSA) is 131 Å². The van der Waals surface area contributed by atoms with Gasteiger partial charge in [0.25, 0.3) is 0 Å². The van der Waals surface area contributed by atoms with E-state index < -0.39 is 26.2 Å². The molecule has 0 aromatic carbocycles. The first-order valence-electron chi connectivity index (χ1n) is 3.67. The molecule has 1 fully saturated rings. The number of hydrogen-bond donors (Lipinski definition) is 2. The number of hydrogen-bond acceptors (Lipinski definition) is 5. The normalized spacial score (nSPS) is 15.5. The van der Waals surface area contributed by atoms with Crippen LogP contribution in [0.3, 0.4) is 0 Å². The summed E-state index contributed by atoms with van der Waals surface area (Å²) in [6.45, 7) is -0.578. The third-order valence-electron chi connectivity index (χ3n) is 1.75. The molecule has 16 heavy (non-hydrogen) atoms. The predicted octanol–water partition coefficient (Wildman–Crippen LogP) is -8.54. The largest absolute Gasteiger partial charge is 1.00 e. The monoisotopic (exact) mass is 267 g/mol. The summed E-state index contributed by atoms with van der Waals surface area (Å²) < 4.78 is 10.9. The van der Waals surface area contributed by atoms with Crippen LogP contribution in [0.1, 0.15) is 0 Å². The minimum atomic E-state index is -4.98. The quantitative estimate of drug-likeness (QED) is 0.383. The second-order valence-corrected chi connectivity index (χ2v) is 4.15. The fourth-order valence-corrected chi connectivity index (χ4v) is 1.84. The van der Waals surface area contributed by atoms with Crippen molar-refractivity contribution in [2.24, 2.45) is 0 Å². The van der Waals surface area contributed by atoms with Crippen LogP contribution >= 0.6 is 7.75 Å². The Kier molecular flexibility index (Phi) is 8.84. The average Bonchev–Trinajstić information content (AvgIpc) is 2.30. The molecule has 0 unspecified atom stereocenters. The summed E-state index contributed by atoms with van der Waals surface area (Å²) in [5, 5.41) is 15.6. The van der Waals surface area contributed by atoms with Crippen LogP contribution in [0.5, 0.6) is 0 Å². The molecule has 0 aromatic heterocycles. The van der Waals surface area contributed by atoms with Gasteiger partial charge in [0.05, 0.1) is 0 Å². The summed E-state index contributed by atoms with van der Waals surface area (Å²) in [5.41, 5.74) is 0. The van der Waals surface area contributed by atoms with E-state index in [2.05, 4.69) is 0 Å². The Morgan fingerprint density at radius 2 is 1.94 bits per heavy atom. The van der Waals surface area contributed by atoms with Crippen molar-refractivity contribution in [3.8, 4) is 0 Å². The van der Waals surface area contributed by atoms with Gasteiger partial charge >= 0.3 is 65.1 Å². The van der Waals surface area contributed by atoms with Crippen molar-refractivity contribution in [3.63, 3.8) is 0 Å². The summed E-state index contributed by atoms with van der Waals surface area (Å²) in [6.07, 6.45) is 0. The molecule has 1 saturated heterocycles. The third-order valence-corrected chi connectivity index (χ3v) is 2.73. The first kappa shape index (κ1) is 19.2. The maximum absolute atomic E-state index is 10.6. The van der Waals surface area contributed by atoms with Crippen molar-refractivity contribution in [1.82, 2.24) is 9.57 Å². The van der Waals surface area contributed by atoms with Gasteiger partial charge in [0, 0.05) is 20.8 Å². The van der Waals surface area contributed by atoms with E-state index in [4.69, 9.17) is 10.5 Å². The summed E-state index contributed by atoms with van der Waals surface area (Å²) in [5.74, 6) is -1.75. The zero-order valence-electron chi connectivity index (χ0n) is 9.04. The number of guanidine groups is 1. The molecule has 0 atom stereocenters. The molecule has 0 bridgehead atoms. The average molecular weight is 267 g/mol. The molecule has 0 amide bonds. The Bertz CT molecular complexity index is 321. The predicted molar refractivity (Wildman–Crippen MR) is 41.2 cm³/mol. The molecule has 0 radical (unpaired) electrons. The van der Waals surface area contributed by atoms with Gasteiger partial charge in [-0.3, -0.25) is 10.2 Å². The van der Waals surface area contributed by atoms with Crippen molar-refractivity contribution in [3.05, 3.63) is 0 Å². The summed E-state index contributed by atoms with van der Waals surface area (Å²) >= 11 is 0. The van der Waals surface area contributed by atoms with E-state index in [1.54, 1.807) is 0 Å². The minimum absolute atomic E-state index is 0. The SMILES string of the molecule is N=C1N(CC(=O)O)CCN1P(=O)([O-])[O-].[Na+].[Na+]. The summed E-state index contributed by atoms with van der Waals surface area (Å²) in [6, 6.07) is 0. The maximum Gasteiger partial charge on any atom is 1.00 e. The molecular formula is C5H8N3Na2O5P. The van der Waals surface area contributed by atoms with Gasteiger partial charge in [-0.2, -0.15) is 0 Å². The molecule has 8 nitrogen and oxygen atoms in total. The first-order valence-corrected chi connectivity index (χ1v) is 5.17. The maximum atomic E-state index is 10.6. The van der Waals surface area contributed by atoms with Gasteiger partial charge in [-0.1, -0.05) is 0 Å². The van der Waals surface area contributed by atoms with E-state index in [0.717, 1.165) is 4.90 Å². The fourth-order valence-electron chi connectivity index (χ4n) is 1.15. The third kappa shape index (κ3) is 5.03. The molecule has 0 aromatic rings. The standard InChI is InChI=1S/C5H10N3O5P.2Na/c6-5-7(3-4(9)10)1-2-8(5)14(11,12)13;;/h6H,1-3H2,(H,9,10)(H2,11,12,13);;/q;2*+1/p-2. The Morgan fingerprint density at radius 1 is 1.44 bits per heavy atom.